The molecule has 0 heterocycles. The van der Waals surface area contributed by atoms with E-state index < -0.39 is 0 Å². The van der Waals surface area contributed by atoms with Gasteiger partial charge in [-0.1, -0.05) is 12.5 Å². The lowest BCUT2D eigenvalue weighted by Gasteiger charge is -2.17. The van der Waals surface area contributed by atoms with E-state index in [0.717, 1.165) is 26.0 Å². The summed E-state index contributed by atoms with van der Waals surface area (Å²) in [6, 6.07) is 0.535. The third-order valence-corrected chi connectivity index (χ3v) is 1.76. The third kappa shape index (κ3) is 6.38. The Labute approximate surface area is 76.0 Å². The molecule has 0 rings (SSSR count). The summed E-state index contributed by atoms with van der Waals surface area (Å²) in [6.07, 6.45) is 2.12. The molecule has 1 atom stereocenters. The fourth-order valence-electron chi connectivity index (χ4n) is 1.25. The van der Waals surface area contributed by atoms with Gasteiger partial charge in [0.1, 0.15) is 0 Å². The van der Waals surface area contributed by atoms with Crippen LogP contribution in [0.3, 0.4) is 0 Å². The van der Waals surface area contributed by atoms with Gasteiger partial charge < -0.3 is 10.1 Å². The minimum Gasteiger partial charge on any atom is -0.385 e. The first kappa shape index (κ1) is 11.7. The van der Waals surface area contributed by atoms with E-state index in [1.807, 2.05) is 0 Å². The molecule has 0 aliphatic heterocycles. The molecule has 2 heteroatoms. The lowest BCUT2D eigenvalue weighted by atomic mass is 10.1. The maximum absolute atomic E-state index is 5.03. The van der Waals surface area contributed by atoms with Crippen LogP contribution in [0.5, 0.6) is 0 Å². The van der Waals surface area contributed by atoms with Crippen LogP contribution in [0.2, 0.25) is 0 Å². The summed E-state index contributed by atoms with van der Waals surface area (Å²) < 4.78 is 5.03. The molecule has 2 nitrogen and oxygen atoms in total. The minimum atomic E-state index is 0.535. The van der Waals surface area contributed by atoms with Crippen molar-refractivity contribution in [1.29, 1.82) is 0 Å². The highest BCUT2D eigenvalue weighted by Gasteiger charge is 2.05. The van der Waals surface area contributed by atoms with Crippen LogP contribution in [-0.4, -0.2) is 26.3 Å². The van der Waals surface area contributed by atoms with Crippen LogP contribution in [0.25, 0.3) is 0 Å². The minimum absolute atomic E-state index is 0.535. The van der Waals surface area contributed by atoms with Crippen LogP contribution in [0, 0.1) is 0 Å². The standard InChI is InChI=1S/C10H21NO/c1-5-11-10(6-7-12-4)8-9(2)3/h10-11H,2,5-8H2,1,3-4H3. The molecule has 0 aliphatic rings. The van der Waals surface area contributed by atoms with Crippen LogP contribution in [-0.2, 0) is 4.74 Å². The number of hydrogen-bond donors (Lipinski definition) is 1. The normalized spacial score (nSPS) is 12.9. The largest absolute Gasteiger partial charge is 0.385 e. The van der Waals surface area contributed by atoms with Gasteiger partial charge in [-0.25, -0.2) is 0 Å². The number of nitrogens with one attached hydrogen (secondary N) is 1. The van der Waals surface area contributed by atoms with E-state index in [9.17, 15) is 0 Å². The number of hydrogen-bond acceptors (Lipinski definition) is 2. The molecule has 0 bridgehead atoms. The third-order valence-electron chi connectivity index (χ3n) is 1.76. The van der Waals surface area contributed by atoms with Gasteiger partial charge in [0.25, 0.3) is 0 Å². The second-order valence-corrected chi connectivity index (χ2v) is 3.20. The molecule has 0 spiro atoms. The first-order valence-corrected chi connectivity index (χ1v) is 4.57. The van der Waals surface area contributed by atoms with Gasteiger partial charge in [0.15, 0.2) is 0 Å². The van der Waals surface area contributed by atoms with E-state index in [4.69, 9.17) is 4.74 Å². The topological polar surface area (TPSA) is 21.3 Å². The number of rotatable bonds is 7. The van der Waals surface area contributed by atoms with E-state index >= 15 is 0 Å². The molecule has 0 saturated heterocycles. The van der Waals surface area contributed by atoms with Gasteiger partial charge in [-0.15, -0.1) is 6.58 Å². The SMILES string of the molecule is C=C(C)CC(CCOC)NCC. The van der Waals surface area contributed by atoms with E-state index in [1.54, 1.807) is 7.11 Å². The van der Waals surface area contributed by atoms with E-state index in [-0.39, 0.29) is 0 Å². The van der Waals surface area contributed by atoms with Crippen molar-refractivity contribution in [3.05, 3.63) is 12.2 Å². The van der Waals surface area contributed by atoms with Crippen LogP contribution in [0.4, 0.5) is 0 Å². The van der Waals surface area contributed by atoms with Gasteiger partial charge in [-0.3, -0.25) is 0 Å². The van der Waals surface area contributed by atoms with Crippen LogP contribution >= 0.6 is 0 Å². The number of ether oxygens (including phenoxy) is 1. The zero-order valence-electron chi connectivity index (χ0n) is 8.52. The average Bonchev–Trinajstić information content (AvgIpc) is 2.00. The molecule has 1 unspecified atom stereocenters. The van der Waals surface area contributed by atoms with Crippen molar-refractivity contribution in [3.8, 4) is 0 Å². The predicted octanol–water partition coefficient (Wildman–Crippen LogP) is 1.97. The van der Waals surface area contributed by atoms with Crippen LogP contribution < -0.4 is 5.32 Å². The van der Waals surface area contributed by atoms with E-state index in [1.165, 1.54) is 5.57 Å². The first-order chi connectivity index (χ1) is 5.70. The molecular weight excluding hydrogens is 150 g/mol. The van der Waals surface area contributed by atoms with Crippen molar-refractivity contribution >= 4 is 0 Å². The summed E-state index contributed by atoms with van der Waals surface area (Å²) in [4.78, 5) is 0. The molecule has 0 radical (unpaired) electrons. The zero-order chi connectivity index (χ0) is 9.40. The van der Waals surface area contributed by atoms with Crippen molar-refractivity contribution in [3.63, 3.8) is 0 Å². The van der Waals surface area contributed by atoms with Gasteiger partial charge in [0.2, 0.25) is 0 Å². The summed E-state index contributed by atoms with van der Waals surface area (Å²) in [6.45, 7) is 9.93. The fourth-order valence-corrected chi connectivity index (χ4v) is 1.25. The highest BCUT2D eigenvalue weighted by Crippen LogP contribution is 2.05. The molecule has 12 heavy (non-hydrogen) atoms. The van der Waals surface area contributed by atoms with Crippen molar-refractivity contribution in [2.24, 2.45) is 0 Å². The highest BCUT2D eigenvalue weighted by molar-refractivity contribution is 4.92. The van der Waals surface area contributed by atoms with Crippen molar-refractivity contribution < 1.29 is 4.74 Å². The Morgan fingerprint density at radius 3 is 2.67 bits per heavy atom. The number of methoxy groups -OCH3 is 1. The maximum Gasteiger partial charge on any atom is 0.0477 e. The molecule has 0 aromatic heterocycles. The Kier molecular flexibility index (Phi) is 7.11. The Hall–Kier alpha value is -0.340. The predicted molar refractivity (Wildman–Crippen MR) is 53.4 cm³/mol. The van der Waals surface area contributed by atoms with Gasteiger partial charge in [-0.05, 0) is 26.3 Å². The molecule has 72 valence electrons. The molecular formula is C10H21NO. The quantitative estimate of drug-likeness (QED) is 0.591. The Balaban J connectivity index is 3.61. The average molecular weight is 171 g/mol. The van der Waals surface area contributed by atoms with Crippen LogP contribution in [0.1, 0.15) is 26.7 Å². The molecule has 0 aliphatic carbocycles. The summed E-state index contributed by atoms with van der Waals surface area (Å²) in [5.74, 6) is 0. The second-order valence-electron chi connectivity index (χ2n) is 3.20. The first-order valence-electron chi connectivity index (χ1n) is 4.57. The summed E-state index contributed by atoms with van der Waals surface area (Å²) >= 11 is 0. The Morgan fingerprint density at radius 1 is 1.58 bits per heavy atom. The molecule has 0 aromatic rings. The molecule has 0 aromatic carbocycles. The molecule has 0 fully saturated rings. The lowest BCUT2D eigenvalue weighted by molar-refractivity contribution is 0.183. The maximum atomic E-state index is 5.03. The van der Waals surface area contributed by atoms with Gasteiger partial charge in [0, 0.05) is 19.8 Å². The smallest absolute Gasteiger partial charge is 0.0477 e. The van der Waals surface area contributed by atoms with Crippen LogP contribution in [0.15, 0.2) is 12.2 Å². The van der Waals surface area contributed by atoms with Gasteiger partial charge in [-0.2, -0.15) is 0 Å². The molecule has 0 amide bonds. The lowest BCUT2D eigenvalue weighted by Crippen LogP contribution is -2.30. The van der Waals surface area contributed by atoms with Crippen molar-refractivity contribution in [2.45, 2.75) is 32.7 Å². The second kappa shape index (κ2) is 7.32. The highest BCUT2D eigenvalue weighted by atomic mass is 16.5. The van der Waals surface area contributed by atoms with E-state index in [0.29, 0.717) is 6.04 Å². The van der Waals surface area contributed by atoms with E-state index in [2.05, 4.69) is 25.7 Å². The van der Waals surface area contributed by atoms with Gasteiger partial charge >= 0.3 is 0 Å². The summed E-state index contributed by atoms with van der Waals surface area (Å²) in [7, 11) is 1.74. The summed E-state index contributed by atoms with van der Waals surface area (Å²) in [5, 5.41) is 3.41. The van der Waals surface area contributed by atoms with Crippen molar-refractivity contribution in [2.75, 3.05) is 20.3 Å². The Bertz CT molecular complexity index is 123. The molecule has 0 saturated carbocycles. The molecule has 1 N–H and O–H groups in total. The summed E-state index contributed by atoms with van der Waals surface area (Å²) in [5.41, 5.74) is 1.23. The zero-order valence-corrected chi connectivity index (χ0v) is 8.52. The monoisotopic (exact) mass is 171 g/mol. The van der Waals surface area contributed by atoms with Crippen molar-refractivity contribution in [1.82, 2.24) is 5.32 Å². The fraction of sp³-hybridized carbons (Fsp3) is 0.800. The van der Waals surface area contributed by atoms with Gasteiger partial charge in [0.05, 0.1) is 0 Å². The Morgan fingerprint density at radius 2 is 2.25 bits per heavy atom.